The topological polar surface area (TPSA) is 86.3 Å². The fourth-order valence-electron chi connectivity index (χ4n) is 4.97. The van der Waals surface area contributed by atoms with Gasteiger partial charge in [0.25, 0.3) is 0 Å². The van der Waals surface area contributed by atoms with E-state index in [0.717, 1.165) is 62.0 Å². The van der Waals surface area contributed by atoms with Gasteiger partial charge in [-0.05, 0) is 75.7 Å². The Morgan fingerprint density at radius 1 is 0.841 bits per heavy atom. The van der Waals surface area contributed by atoms with Crippen molar-refractivity contribution in [3.8, 4) is 0 Å². The van der Waals surface area contributed by atoms with Crippen molar-refractivity contribution in [1.29, 1.82) is 0 Å². The Labute approximate surface area is 266 Å². The predicted octanol–water partition coefficient (Wildman–Crippen LogP) is 7.77. The average Bonchev–Trinajstić information content (AvgIpc) is 3.53. The van der Waals surface area contributed by atoms with Crippen LogP contribution in [0.3, 0.4) is 0 Å². The maximum atomic E-state index is 12.6. The number of nitrogens with zero attached hydrogens (tertiary/aromatic N) is 1. The molecular weight excluding hydrogens is 556 g/mol. The van der Waals surface area contributed by atoms with E-state index < -0.39 is 12.4 Å². The van der Waals surface area contributed by atoms with Crippen LogP contribution >= 0.6 is 0 Å². The van der Waals surface area contributed by atoms with Gasteiger partial charge in [0.2, 0.25) is 0 Å². The van der Waals surface area contributed by atoms with E-state index in [0.29, 0.717) is 26.2 Å². The van der Waals surface area contributed by atoms with Crippen LogP contribution < -0.4 is 5.32 Å². The summed E-state index contributed by atoms with van der Waals surface area (Å²) >= 11 is 0. The van der Waals surface area contributed by atoms with Crippen LogP contribution in [0.4, 0.5) is 4.79 Å². The molecule has 1 amide bonds. The highest BCUT2D eigenvalue weighted by molar-refractivity contribution is 5.69. The number of rotatable bonds is 24. The molecule has 1 fully saturated rings. The first kappa shape index (κ1) is 37.5. The second-order valence-electron chi connectivity index (χ2n) is 11.6. The van der Waals surface area contributed by atoms with Gasteiger partial charge in [-0.1, -0.05) is 81.5 Å². The summed E-state index contributed by atoms with van der Waals surface area (Å²) in [7, 11) is 0. The molecule has 0 aliphatic carbocycles. The summed E-state index contributed by atoms with van der Waals surface area (Å²) in [4.78, 5) is 27.1. The van der Waals surface area contributed by atoms with E-state index in [9.17, 15) is 9.59 Å². The van der Waals surface area contributed by atoms with Crippen LogP contribution in [-0.2, 0) is 37.0 Å². The number of alkyl carbamates (subject to hydrolysis) is 1. The smallest absolute Gasteiger partial charge is 0.407 e. The maximum absolute atomic E-state index is 12.6. The Bertz CT molecular complexity index is 949. The van der Waals surface area contributed by atoms with Gasteiger partial charge in [-0.2, -0.15) is 0 Å². The first-order valence-electron chi connectivity index (χ1n) is 16.9. The number of unbranched alkanes of at least 4 members (excludes halogenated alkanes) is 4. The van der Waals surface area contributed by atoms with Crippen molar-refractivity contribution in [3.63, 3.8) is 0 Å². The summed E-state index contributed by atoms with van der Waals surface area (Å²) < 4.78 is 23.0. The van der Waals surface area contributed by atoms with Gasteiger partial charge in [-0.25, -0.2) is 4.79 Å². The monoisotopic (exact) mass is 614 g/mol. The third-order valence-corrected chi connectivity index (χ3v) is 7.41. The Kier molecular flexibility index (Phi) is 21.0. The van der Waals surface area contributed by atoms with E-state index >= 15 is 0 Å². The van der Waals surface area contributed by atoms with Crippen molar-refractivity contribution >= 4 is 12.1 Å². The molecule has 0 radical (unpaired) electrons. The quantitative estimate of drug-likeness (QED) is 0.0551. The largest absolute Gasteiger partial charge is 0.461 e. The molecular formula is C36H58N2O6. The second-order valence-corrected chi connectivity index (χ2v) is 11.6. The Morgan fingerprint density at radius 2 is 1.41 bits per heavy atom. The van der Waals surface area contributed by atoms with Gasteiger partial charge in [-0.15, -0.1) is 0 Å². The number of ether oxygens (including phenoxy) is 4. The SMILES string of the molecule is CCCC/C=C\CCOC(CCC(=O)OCc1cc(C)cc(COC(=O)NCCN2CCCC2)c1)OCC/C=C\CCCC. The lowest BCUT2D eigenvalue weighted by atomic mass is 10.1. The number of hydrogen-bond acceptors (Lipinski definition) is 7. The lowest BCUT2D eigenvalue weighted by Gasteiger charge is -2.18. The van der Waals surface area contributed by atoms with Crippen LogP contribution in [-0.4, -0.2) is 62.6 Å². The van der Waals surface area contributed by atoms with Gasteiger partial charge in [-0.3, -0.25) is 4.79 Å². The molecule has 2 rings (SSSR count). The number of esters is 1. The molecule has 1 aromatic rings. The zero-order valence-electron chi connectivity index (χ0n) is 27.7. The number of carbonyl (C=O) groups is 2. The van der Waals surface area contributed by atoms with Crippen molar-refractivity contribution in [3.05, 3.63) is 59.2 Å². The number of hydrogen-bond donors (Lipinski definition) is 1. The molecule has 1 aliphatic rings. The molecule has 1 saturated heterocycles. The van der Waals surface area contributed by atoms with Crippen LogP contribution in [0.15, 0.2) is 42.5 Å². The van der Waals surface area contributed by atoms with E-state index in [4.69, 9.17) is 18.9 Å². The van der Waals surface area contributed by atoms with Crippen LogP contribution in [0.2, 0.25) is 0 Å². The molecule has 1 N–H and O–H groups in total. The van der Waals surface area contributed by atoms with Crippen molar-refractivity contribution < 1.29 is 28.5 Å². The molecule has 248 valence electrons. The third-order valence-electron chi connectivity index (χ3n) is 7.41. The third kappa shape index (κ3) is 18.9. The summed E-state index contributed by atoms with van der Waals surface area (Å²) in [5.74, 6) is -0.294. The van der Waals surface area contributed by atoms with Crippen molar-refractivity contribution in [2.24, 2.45) is 0 Å². The molecule has 0 atom stereocenters. The Balaban J connectivity index is 1.74. The van der Waals surface area contributed by atoms with E-state index in [2.05, 4.69) is 48.4 Å². The minimum atomic E-state index is -0.445. The first-order valence-corrected chi connectivity index (χ1v) is 16.9. The minimum absolute atomic E-state index is 0.160. The van der Waals surface area contributed by atoms with Gasteiger partial charge in [0.15, 0.2) is 6.29 Å². The van der Waals surface area contributed by atoms with E-state index in [1.165, 1.54) is 38.5 Å². The average molecular weight is 615 g/mol. The standard InChI is InChI=1S/C36H58N2O6/c1-4-6-8-10-12-16-24-41-35(42-25-17-13-11-9-7-5-2)19-18-34(39)43-29-32-26-31(3)27-33(28-32)30-44-36(40)37-20-23-38-21-14-15-22-38/h10-13,26-28,35H,4-9,14-25,29-30H2,1-3H3,(H,37,40)/b12-10-,13-11-. The summed E-state index contributed by atoms with van der Waals surface area (Å²) in [5.41, 5.74) is 2.74. The molecule has 0 saturated carbocycles. The fraction of sp³-hybridized carbons (Fsp3) is 0.667. The molecule has 0 aromatic heterocycles. The zero-order chi connectivity index (χ0) is 31.7. The van der Waals surface area contributed by atoms with Gasteiger partial charge >= 0.3 is 12.1 Å². The van der Waals surface area contributed by atoms with Crippen molar-refractivity contribution in [2.45, 2.75) is 117 Å². The van der Waals surface area contributed by atoms with Gasteiger partial charge < -0.3 is 29.2 Å². The fourth-order valence-corrected chi connectivity index (χ4v) is 4.97. The highest BCUT2D eigenvalue weighted by atomic mass is 16.7. The molecule has 1 aliphatic heterocycles. The molecule has 8 heteroatoms. The van der Waals surface area contributed by atoms with Crippen molar-refractivity contribution in [1.82, 2.24) is 10.2 Å². The van der Waals surface area contributed by atoms with E-state index in [1.807, 2.05) is 25.1 Å². The maximum Gasteiger partial charge on any atom is 0.407 e. The number of allylic oxidation sites excluding steroid dienone is 2. The van der Waals surface area contributed by atoms with E-state index in [-0.39, 0.29) is 25.6 Å². The van der Waals surface area contributed by atoms with Gasteiger partial charge in [0, 0.05) is 19.5 Å². The van der Waals surface area contributed by atoms with Crippen LogP contribution in [0.5, 0.6) is 0 Å². The van der Waals surface area contributed by atoms with Crippen LogP contribution in [0.1, 0.15) is 108 Å². The van der Waals surface area contributed by atoms with Crippen LogP contribution in [0, 0.1) is 6.92 Å². The zero-order valence-corrected chi connectivity index (χ0v) is 27.7. The number of aryl methyl sites for hydroxylation is 1. The summed E-state index contributed by atoms with van der Waals surface area (Å²) in [5, 5.41) is 2.83. The molecule has 0 spiro atoms. The number of amides is 1. The molecule has 0 bridgehead atoms. The number of likely N-dealkylation sites (tertiary alicyclic amines) is 1. The molecule has 8 nitrogen and oxygen atoms in total. The molecule has 44 heavy (non-hydrogen) atoms. The van der Waals surface area contributed by atoms with Crippen LogP contribution in [0.25, 0.3) is 0 Å². The summed E-state index contributed by atoms with van der Waals surface area (Å²) in [6, 6.07) is 5.86. The number of nitrogens with one attached hydrogen (secondary N) is 1. The second kappa shape index (κ2) is 24.6. The van der Waals surface area contributed by atoms with Gasteiger partial charge in [0.1, 0.15) is 13.2 Å². The number of carbonyl (C=O) groups excluding carboxylic acids is 2. The highest BCUT2D eigenvalue weighted by Gasteiger charge is 2.14. The normalized spacial score (nSPS) is 13.8. The molecule has 0 unspecified atom stereocenters. The lowest BCUT2D eigenvalue weighted by Crippen LogP contribution is -2.33. The predicted molar refractivity (Wildman–Crippen MR) is 176 cm³/mol. The Hall–Kier alpha value is -2.68. The summed E-state index contributed by atoms with van der Waals surface area (Å²) in [6.45, 7) is 11.4. The Morgan fingerprint density at radius 3 is 2.00 bits per heavy atom. The first-order chi connectivity index (χ1) is 21.5. The number of benzene rings is 1. The molecule has 1 heterocycles. The molecule has 1 aromatic carbocycles. The lowest BCUT2D eigenvalue weighted by molar-refractivity contribution is -0.158. The van der Waals surface area contributed by atoms with Crippen molar-refractivity contribution in [2.75, 3.05) is 39.4 Å². The summed E-state index contributed by atoms with van der Waals surface area (Å²) in [6.07, 6.45) is 19.6. The van der Waals surface area contributed by atoms with E-state index in [1.54, 1.807) is 0 Å². The minimum Gasteiger partial charge on any atom is -0.461 e. The highest BCUT2D eigenvalue weighted by Crippen LogP contribution is 2.14. The van der Waals surface area contributed by atoms with Gasteiger partial charge in [0.05, 0.1) is 19.6 Å².